The molecule has 2 aromatic carbocycles. The van der Waals surface area contributed by atoms with Gasteiger partial charge >= 0.3 is 0 Å². The number of aromatic nitrogens is 2. The Morgan fingerprint density at radius 1 is 1.14 bits per heavy atom. The number of carbonyl (C=O) groups is 1. The number of benzene rings is 2. The molecule has 2 N–H and O–H groups in total. The van der Waals surface area contributed by atoms with Crippen LogP contribution in [0.25, 0.3) is 0 Å². The number of nitrogens with zero attached hydrogens (tertiary/aromatic N) is 2. The minimum Gasteiger partial charge on any atom is -0.333 e. The number of carbonyl (C=O) groups excluding carboxylic acids is 1. The van der Waals surface area contributed by atoms with Crippen LogP contribution in [-0.4, -0.2) is 36.0 Å². The Morgan fingerprint density at radius 3 is 2.66 bits per heavy atom. The fourth-order valence-electron chi connectivity index (χ4n) is 3.53. The number of amides is 1. The summed E-state index contributed by atoms with van der Waals surface area (Å²) in [5.41, 5.74) is 3.23. The maximum Gasteiger partial charge on any atom is 0.272 e. The molecular formula is C21H22N4O3S. The van der Waals surface area contributed by atoms with Crippen molar-refractivity contribution in [3.63, 3.8) is 0 Å². The van der Waals surface area contributed by atoms with E-state index in [-0.39, 0.29) is 16.8 Å². The summed E-state index contributed by atoms with van der Waals surface area (Å²) in [7, 11) is -3.69. The molecule has 1 aliphatic heterocycles. The van der Waals surface area contributed by atoms with Crippen LogP contribution in [-0.2, 0) is 23.0 Å². The average molecular weight is 410 g/mol. The van der Waals surface area contributed by atoms with Crippen LogP contribution < -0.4 is 4.72 Å². The normalized spacial score (nSPS) is 15.0. The zero-order chi connectivity index (χ0) is 20.4. The molecule has 1 aromatic heterocycles. The van der Waals surface area contributed by atoms with Crippen molar-refractivity contribution in [2.24, 2.45) is 0 Å². The van der Waals surface area contributed by atoms with Gasteiger partial charge in [-0.25, -0.2) is 13.1 Å². The summed E-state index contributed by atoms with van der Waals surface area (Å²) in [4.78, 5) is 14.5. The molecule has 0 unspecified atom stereocenters. The standard InChI is InChI=1S/C21H22N4O3S/c1-15(16-5-3-2-4-6-16)24-29(27,28)19-8-7-17-10-12-25(14-18(17)13-19)21(26)20-9-11-22-23-20/h2-9,11,13,15,24H,10,12,14H2,1H3,(H,22,23)/t15-/m0/s1. The second kappa shape index (κ2) is 7.81. The van der Waals surface area contributed by atoms with Crippen LogP contribution in [0.15, 0.2) is 65.7 Å². The van der Waals surface area contributed by atoms with Gasteiger partial charge in [-0.05, 0) is 48.2 Å². The van der Waals surface area contributed by atoms with Gasteiger partial charge in [-0.1, -0.05) is 36.4 Å². The smallest absolute Gasteiger partial charge is 0.272 e. The molecule has 8 heteroatoms. The molecule has 0 saturated heterocycles. The van der Waals surface area contributed by atoms with E-state index in [2.05, 4.69) is 14.9 Å². The van der Waals surface area contributed by atoms with Crippen LogP contribution in [0.5, 0.6) is 0 Å². The van der Waals surface area contributed by atoms with E-state index < -0.39 is 10.0 Å². The van der Waals surface area contributed by atoms with Gasteiger partial charge in [-0.3, -0.25) is 9.89 Å². The summed E-state index contributed by atoms with van der Waals surface area (Å²) in [6.45, 7) is 2.76. The molecule has 7 nitrogen and oxygen atoms in total. The van der Waals surface area contributed by atoms with Gasteiger partial charge < -0.3 is 4.90 Å². The molecule has 1 amide bonds. The lowest BCUT2D eigenvalue weighted by molar-refractivity contribution is 0.0728. The fraction of sp³-hybridized carbons (Fsp3) is 0.238. The second-order valence-electron chi connectivity index (χ2n) is 7.13. The number of H-pyrrole nitrogens is 1. The van der Waals surface area contributed by atoms with Gasteiger partial charge in [-0.2, -0.15) is 5.10 Å². The van der Waals surface area contributed by atoms with Crippen molar-refractivity contribution in [1.29, 1.82) is 0 Å². The van der Waals surface area contributed by atoms with Crippen molar-refractivity contribution < 1.29 is 13.2 Å². The quantitative estimate of drug-likeness (QED) is 0.676. The molecule has 4 rings (SSSR count). The summed E-state index contributed by atoms with van der Waals surface area (Å²) in [6, 6.07) is 15.9. The van der Waals surface area contributed by atoms with Gasteiger partial charge in [0.15, 0.2) is 0 Å². The van der Waals surface area contributed by atoms with Crippen LogP contribution in [0, 0.1) is 0 Å². The van der Waals surface area contributed by atoms with E-state index in [9.17, 15) is 13.2 Å². The van der Waals surface area contributed by atoms with Gasteiger partial charge in [0.05, 0.1) is 4.90 Å². The van der Waals surface area contributed by atoms with Gasteiger partial charge in [0.1, 0.15) is 5.69 Å². The number of rotatable bonds is 5. The largest absolute Gasteiger partial charge is 0.333 e. The highest BCUT2D eigenvalue weighted by Gasteiger charge is 2.25. The van der Waals surface area contributed by atoms with E-state index in [1.165, 1.54) is 6.20 Å². The Morgan fingerprint density at radius 2 is 1.93 bits per heavy atom. The van der Waals surface area contributed by atoms with E-state index in [1.807, 2.05) is 43.3 Å². The van der Waals surface area contributed by atoms with E-state index in [1.54, 1.807) is 23.1 Å². The zero-order valence-corrected chi connectivity index (χ0v) is 16.8. The van der Waals surface area contributed by atoms with Crippen molar-refractivity contribution in [2.75, 3.05) is 6.54 Å². The van der Waals surface area contributed by atoms with Gasteiger partial charge in [0.2, 0.25) is 10.0 Å². The van der Waals surface area contributed by atoms with Crippen molar-refractivity contribution in [2.45, 2.75) is 30.8 Å². The zero-order valence-electron chi connectivity index (χ0n) is 16.0. The SMILES string of the molecule is C[C@H](NS(=O)(=O)c1ccc2c(c1)CN(C(=O)c1ccn[nH]1)CC2)c1ccccc1. The van der Waals surface area contributed by atoms with Crippen LogP contribution in [0.4, 0.5) is 0 Å². The Balaban J connectivity index is 1.54. The predicted molar refractivity (Wildman–Crippen MR) is 109 cm³/mol. The van der Waals surface area contributed by atoms with Crippen LogP contribution in [0.2, 0.25) is 0 Å². The molecule has 1 atom stereocenters. The van der Waals surface area contributed by atoms with Crippen LogP contribution >= 0.6 is 0 Å². The predicted octanol–water partition coefficient (Wildman–Crippen LogP) is 2.65. The Hall–Kier alpha value is -2.97. The monoisotopic (exact) mass is 410 g/mol. The van der Waals surface area contributed by atoms with E-state index in [0.717, 1.165) is 16.7 Å². The number of hydrogen-bond donors (Lipinski definition) is 2. The Labute approximate surface area is 169 Å². The molecule has 0 fully saturated rings. The Kier molecular flexibility index (Phi) is 5.21. The molecule has 0 aliphatic carbocycles. The molecule has 0 spiro atoms. The molecule has 3 aromatic rings. The van der Waals surface area contributed by atoms with Gasteiger partial charge in [0.25, 0.3) is 5.91 Å². The second-order valence-corrected chi connectivity index (χ2v) is 8.85. The number of nitrogens with one attached hydrogen (secondary N) is 2. The summed E-state index contributed by atoms with van der Waals surface area (Å²) in [6.07, 6.45) is 2.22. The first-order valence-corrected chi connectivity index (χ1v) is 10.9. The molecule has 0 radical (unpaired) electrons. The van der Waals surface area contributed by atoms with Crippen molar-refractivity contribution in [3.8, 4) is 0 Å². The maximum atomic E-state index is 12.9. The van der Waals surface area contributed by atoms with Crippen LogP contribution in [0.3, 0.4) is 0 Å². The van der Waals surface area contributed by atoms with Gasteiger partial charge in [0, 0.05) is 25.3 Å². The molecule has 0 saturated carbocycles. The molecule has 0 bridgehead atoms. The molecule has 150 valence electrons. The van der Waals surface area contributed by atoms with E-state index >= 15 is 0 Å². The summed E-state index contributed by atoms with van der Waals surface area (Å²) in [5.74, 6) is -0.141. The minimum absolute atomic E-state index is 0.141. The highest BCUT2D eigenvalue weighted by atomic mass is 32.2. The van der Waals surface area contributed by atoms with E-state index in [0.29, 0.717) is 25.2 Å². The maximum absolute atomic E-state index is 12.9. The summed E-state index contributed by atoms with van der Waals surface area (Å²) in [5, 5.41) is 6.51. The molecular weight excluding hydrogens is 388 g/mol. The average Bonchev–Trinajstić information content (AvgIpc) is 3.27. The number of hydrogen-bond acceptors (Lipinski definition) is 4. The third kappa shape index (κ3) is 4.08. The topological polar surface area (TPSA) is 95.2 Å². The van der Waals surface area contributed by atoms with Crippen molar-refractivity contribution >= 4 is 15.9 Å². The molecule has 1 aliphatic rings. The summed E-state index contributed by atoms with van der Waals surface area (Å²) < 4.78 is 28.5. The van der Waals surface area contributed by atoms with Gasteiger partial charge in [-0.15, -0.1) is 0 Å². The molecule has 29 heavy (non-hydrogen) atoms. The fourth-order valence-corrected chi connectivity index (χ4v) is 4.81. The van der Waals surface area contributed by atoms with Crippen molar-refractivity contribution in [1.82, 2.24) is 19.8 Å². The van der Waals surface area contributed by atoms with E-state index in [4.69, 9.17) is 0 Å². The lowest BCUT2D eigenvalue weighted by atomic mass is 9.99. The third-order valence-electron chi connectivity index (χ3n) is 5.15. The molecule has 2 heterocycles. The number of sulfonamides is 1. The highest BCUT2D eigenvalue weighted by molar-refractivity contribution is 7.89. The highest BCUT2D eigenvalue weighted by Crippen LogP contribution is 2.24. The first-order valence-electron chi connectivity index (χ1n) is 9.42. The number of aromatic amines is 1. The first kappa shape index (κ1) is 19.4. The lowest BCUT2D eigenvalue weighted by Crippen LogP contribution is -2.36. The lowest BCUT2D eigenvalue weighted by Gasteiger charge is -2.29. The summed E-state index contributed by atoms with van der Waals surface area (Å²) >= 11 is 0. The van der Waals surface area contributed by atoms with Crippen LogP contribution in [0.1, 0.15) is 40.1 Å². The minimum atomic E-state index is -3.69. The Bertz CT molecular complexity index is 1110. The third-order valence-corrected chi connectivity index (χ3v) is 6.69. The number of fused-ring (bicyclic) bond motifs is 1. The van der Waals surface area contributed by atoms with Crippen molar-refractivity contribution in [3.05, 3.63) is 83.2 Å². The first-order chi connectivity index (χ1) is 13.9.